The third kappa shape index (κ3) is 3.00. The molecular weight excluding hydrogens is 330 g/mol. The molecule has 2 heterocycles. The Labute approximate surface area is 152 Å². The van der Waals surface area contributed by atoms with E-state index in [0.717, 1.165) is 37.0 Å². The van der Waals surface area contributed by atoms with E-state index >= 15 is 0 Å². The molecule has 1 N–H and O–H groups in total. The van der Waals surface area contributed by atoms with E-state index in [1.165, 1.54) is 4.90 Å². The molecule has 1 saturated heterocycles. The topological polar surface area (TPSA) is 64.1 Å². The standard InChI is InChI=1S/C20H23N3O3/c24-14-13-22-9-7-21(8-10-22)11-12-23-19(25)16-5-1-3-15-4-2-6-17(18(15)16)20(23)26/h1-6,24H,7-14H2. The summed E-state index contributed by atoms with van der Waals surface area (Å²) in [6.45, 7) is 5.57. The minimum atomic E-state index is -0.196. The van der Waals surface area contributed by atoms with Crippen molar-refractivity contribution in [3.63, 3.8) is 0 Å². The molecule has 0 aliphatic carbocycles. The van der Waals surface area contributed by atoms with Gasteiger partial charge < -0.3 is 5.11 Å². The number of piperazine rings is 1. The van der Waals surface area contributed by atoms with E-state index in [1.54, 1.807) is 12.1 Å². The van der Waals surface area contributed by atoms with Gasteiger partial charge in [0.15, 0.2) is 0 Å². The van der Waals surface area contributed by atoms with E-state index in [0.29, 0.717) is 30.8 Å². The second-order valence-corrected chi connectivity index (χ2v) is 6.88. The molecule has 0 bridgehead atoms. The molecule has 0 atom stereocenters. The molecule has 2 aromatic rings. The lowest BCUT2D eigenvalue weighted by atomic mass is 9.94. The molecule has 0 spiro atoms. The van der Waals surface area contributed by atoms with Gasteiger partial charge in [-0.05, 0) is 17.5 Å². The largest absolute Gasteiger partial charge is 0.395 e. The highest BCUT2D eigenvalue weighted by molar-refractivity contribution is 6.25. The predicted molar refractivity (Wildman–Crippen MR) is 99.3 cm³/mol. The van der Waals surface area contributed by atoms with Crippen molar-refractivity contribution in [1.82, 2.24) is 14.7 Å². The summed E-state index contributed by atoms with van der Waals surface area (Å²) in [5.41, 5.74) is 1.23. The van der Waals surface area contributed by atoms with Crippen LogP contribution in [0.15, 0.2) is 36.4 Å². The number of rotatable bonds is 5. The Morgan fingerprint density at radius 3 is 1.85 bits per heavy atom. The Kier molecular flexibility index (Phi) is 4.72. The van der Waals surface area contributed by atoms with Gasteiger partial charge in [0.2, 0.25) is 0 Å². The average molecular weight is 353 g/mol. The van der Waals surface area contributed by atoms with E-state index < -0.39 is 0 Å². The molecule has 0 radical (unpaired) electrons. The summed E-state index contributed by atoms with van der Waals surface area (Å²) in [6, 6.07) is 11.2. The van der Waals surface area contributed by atoms with Crippen LogP contribution in [0.4, 0.5) is 0 Å². The molecule has 1 fully saturated rings. The highest BCUT2D eigenvalue weighted by Gasteiger charge is 2.32. The molecule has 6 nitrogen and oxygen atoms in total. The summed E-state index contributed by atoms with van der Waals surface area (Å²) in [5.74, 6) is -0.392. The highest BCUT2D eigenvalue weighted by atomic mass is 16.3. The van der Waals surface area contributed by atoms with Gasteiger partial charge in [-0.25, -0.2) is 0 Å². The number of aliphatic hydroxyl groups excluding tert-OH is 1. The fourth-order valence-electron chi connectivity index (χ4n) is 3.90. The number of benzene rings is 2. The number of nitrogens with zero attached hydrogens (tertiary/aromatic N) is 3. The number of aliphatic hydroxyl groups is 1. The first-order chi connectivity index (χ1) is 12.7. The smallest absolute Gasteiger partial charge is 0.261 e. The van der Waals surface area contributed by atoms with Crippen LogP contribution in [0.25, 0.3) is 10.8 Å². The van der Waals surface area contributed by atoms with Gasteiger partial charge in [0.25, 0.3) is 11.8 Å². The van der Waals surface area contributed by atoms with Crippen LogP contribution in [0.1, 0.15) is 20.7 Å². The van der Waals surface area contributed by atoms with Crippen molar-refractivity contribution < 1.29 is 14.7 Å². The summed E-state index contributed by atoms with van der Waals surface area (Å²) in [7, 11) is 0. The maximum Gasteiger partial charge on any atom is 0.261 e. The van der Waals surface area contributed by atoms with Crippen LogP contribution in [-0.2, 0) is 0 Å². The quantitative estimate of drug-likeness (QED) is 0.814. The Morgan fingerprint density at radius 1 is 0.769 bits per heavy atom. The molecule has 2 amide bonds. The van der Waals surface area contributed by atoms with Crippen LogP contribution in [0, 0.1) is 0 Å². The molecule has 0 saturated carbocycles. The zero-order chi connectivity index (χ0) is 18.1. The molecule has 0 unspecified atom stereocenters. The molecular formula is C20H23N3O3. The molecule has 136 valence electrons. The number of hydrogen-bond acceptors (Lipinski definition) is 5. The lowest BCUT2D eigenvalue weighted by Gasteiger charge is -2.35. The lowest BCUT2D eigenvalue weighted by Crippen LogP contribution is -2.50. The molecule has 2 aliphatic rings. The van der Waals surface area contributed by atoms with Gasteiger partial charge in [-0.1, -0.05) is 24.3 Å². The van der Waals surface area contributed by atoms with E-state index in [2.05, 4.69) is 9.80 Å². The molecule has 26 heavy (non-hydrogen) atoms. The van der Waals surface area contributed by atoms with Crippen LogP contribution < -0.4 is 0 Å². The van der Waals surface area contributed by atoms with Gasteiger partial charge in [-0.3, -0.25) is 24.3 Å². The second-order valence-electron chi connectivity index (χ2n) is 6.88. The van der Waals surface area contributed by atoms with Crippen molar-refractivity contribution >= 4 is 22.6 Å². The summed E-state index contributed by atoms with van der Waals surface area (Å²) < 4.78 is 0. The average Bonchev–Trinajstić information content (AvgIpc) is 2.67. The summed E-state index contributed by atoms with van der Waals surface area (Å²) in [6.07, 6.45) is 0. The van der Waals surface area contributed by atoms with Gasteiger partial charge in [0.05, 0.1) is 6.61 Å². The Balaban J connectivity index is 1.47. The zero-order valence-corrected chi connectivity index (χ0v) is 14.7. The van der Waals surface area contributed by atoms with Crippen molar-refractivity contribution in [2.75, 3.05) is 52.4 Å². The Bertz CT molecular complexity index is 793. The van der Waals surface area contributed by atoms with Crippen LogP contribution in [-0.4, -0.2) is 84.0 Å². The third-order valence-corrected chi connectivity index (χ3v) is 5.38. The summed E-state index contributed by atoms with van der Waals surface area (Å²) in [5, 5.41) is 10.7. The Morgan fingerprint density at radius 2 is 1.31 bits per heavy atom. The fraction of sp³-hybridized carbons (Fsp3) is 0.400. The number of carbonyl (C=O) groups excluding carboxylic acids is 2. The minimum Gasteiger partial charge on any atom is -0.395 e. The molecule has 2 aliphatic heterocycles. The summed E-state index contributed by atoms with van der Waals surface area (Å²) in [4.78, 5) is 31.6. The normalized spacial score (nSPS) is 18.7. The fourth-order valence-corrected chi connectivity index (χ4v) is 3.90. The number of amides is 2. The van der Waals surface area contributed by atoms with Gasteiger partial charge in [0, 0.05) is 62.3 Å². The van der Waals surface area contributed by atoms with Crippen LogP contribution >= 0.6 is 0 Å². The van der Waals surface area contributed by atoms with Crippen LogP contribution in [0.5, 0.6) is 0 Å². The van der Waals surface area contributed by atoms with Gasteiger partial charge in [-0.2, -0.15) is 0 Å². The molecule has 2 aromatic carbocycles. The van der Waals surface area contributed by atoms with Crippen molar-refractivity contribution in [1.29, 1.82) is 0 Å². The van der Waals surface area contributed by atoms with E-state index in [4.69, 9.17) is 5.11 Å². The van der Waals surface area contributed by atoms with E-state index in [1.807, 2.05) is 24.3 Å². The van der Waals surface area contributed by atoms with E-state index in [9.17, 15) is 9.59 Å². The van der Waals surface area contributed by atoms with Crippen molar-refractivity contribution in [2.45, 2.75) is 0 Å². The van der Waals surface area contributed by atoms with Gasteiger partial charge >= 0.3 is 0 Å². The summed E-state index contributed by atoms with van der Waals surface area (Å²) >= 11 is 0. The number of imide groups is 1. The van der Waals surface area contributed by atoms with Crippen molar-refractivity contribution in [3.05, 3.63) is 47.5 Å². The zero-order valence-electron chi connectivity index (χ0n) is 14.7. The van der Waals surface area contributed by atoms with Gasteiger partial charge in [0.1, 0.15) is 0 Å². The lowest BCUT2D eigenvalue weighted by molar-refractivity contribution is 0.0566. The molecule has 4 rings (SSSR count). The first-order valence-corrected chi connectivity index (χ1v) is 9.12. The second kappa shape index (κ2) is 7.15. The molecule has 6 heteroatoms. The van der Waals surface area contributed by atoms with Gasteiger partial charge in [-0.15, -0.1) is 0 Å². The monoisotopic (exact) mass is 353 g/mol. The SMILES string of the molecule is O=C1c2cccc3cccc(c23)C(=O)N1CCN1CCN(CCO)CC1. The molecule has 0 aromatic heterocycles. The van der Waals surface area contributed by atoms with Crippen molar-refractivity contribution in [3.8, 4) is 0 Å². The number of carbonyl (C=O) groups is 2. The van der Waals surface area contributed by atoms with Crippen LogP contribution in [0.2, 0.25) is 0 Å². The minimum absolute atomic E-state index is 0.182. The van der Waals surface area contributed by atoms with E-state index in [-0.39, 0.29) is 18.4 Å². The first-order valence-electron chi connectivity index (χ1n) is 9.12. The number of β-amino-alcohol motifs (C(OH)–C–C–N with tert-alkyl or cyclic N) is 1. The van der Waals surface area contributed by atoms with Crippen LogP contribution in [0.3, 0.4) is 0 Å². The Hall–Kier alpha value is -2.28. The maximum absolute atomic E-state index is 12.9. The maximum atomic E-state index is 12.9. The number of hydrogen-bond donors (Lipinski definition) is 1. The third-order valence-electron chi connectivity index (χ3n) is 5.38. The van der Waals surface area contributed by atoms with Crippen molar-refractivity contribution in [2.24, 2.45) is 0 Å². The predicted octanol–water partition coefficient (Wildman–Crippen LogP) is 1.05. The first kappa shape index (κ1) is 17.1. The highest BCUT2D eigenvalue weighted by Crippen LogP contribution is 2.29.